The lowest BCUT2D eigenvalue weighted by Gasteiger charge is -2.26. The summed E-state index contributed by atoms with van der Waals surface area (Å²) in [7, 11) is 1.47. The number of esters is 1. The highest BCUT2D eigenvalue weighted by molar-refractivity contribution is 5.93. The van der Waals surface area contributed by atoms with Crippen LogP contribution in [0.4, 0.5) is 5.69 Å². The third-order valence-corrected chi connectivity index (χ3v) is 6.10. The average Bonchev–Trinajstić information content (AvgIpc) is 3.31. The van der Waals surface area contributed by atoms with E-state index >= 15 is 0 Å². The molecule has 1 saturated heterocycles. The third-order valence-electron chi connectivity index (χ3n) is 6.10. The minimum atomic E-state index is -0.409. The molecule has 0 bridgehead atoms. The van der Waals surface area contributed by atoms with Crippen molar-refractivity contribution in [1.82, 2.24) is 10.3 Å². The molecule has 1 saturated carbocycles. The van der Waals surface area contributed by atoms with Crippen molar-refractivity contribution in [2.45, 2.75) is 25.8 Å². The van der Waals surface area contributed by atoms with Gasteiger partial charge in [-0.25, -0.2) is 0 Å². The Balaban J connectivity index is 1.47. The van der Waals surface area contributed by atoms with Gasteiger partial charge in [-0.3, -0.25) is 14.6 Å². The Morgan fingerprint density at radius 2 is 2.11 bits per heavy atom. The van der Waals surface area contributed by atoms with Gasteiger partial charge in [0.05, 0.1) is 12.5 Å². The molecule has 6 nitrogen and oxygen atoms in total. The molecule has 2 fully saturated rings. The van der Waals surface area contributed by atoms with Crippen molar-refractivity contribution >= 4 is 17.6 Å². The van der Waals surface area contributed by atoms with Gasteiger partial charge in [0.15, 0.2) is 0 Å². The Labute approximate surface area is 164 Å². The molecule has 146 valence electrons. The predicted molar refractivity (Wildman–Crippen MR) is 106 cm³/mol. The number of amides is 1. The molecule has 2 atom stereocenters. The van der Waals surface area contributed by atoms with E-state index in [1.165, 1.54) is 7.11 Å². The van der Waals surface area contributed by atoms with E-state index in [0.29, 0.717) is 24.7 Å². The number of carbonyl (C=O) groups excluding carboxylic acids is 2. The maximum Gasteiger partial charge on any atom is 0.313 e. The monoisotopic (exact) mass is 379 g/mol. The first-order valence-electron chi connectivity index (χ1n) is 9.74. The fourth-order valence-corrected chi connectivity index (χ4v) is 4.63. The van der Waals surface area contributed by atoms with Crippen LogP contribution in [0, 0.1) is 11.3 Å². The Kier molecular flexibility index (Phi) is 5.03. The number of nitrogens with one attached hydrogen (secondary N) is 1. The van der Waals surface area contributed by atoms with Gasteiger partial charge >= 0.3 is 5.97 Å². The molecule has 2 unspecified atom stereocenters. The van der Waals surface area contributed by atoms with Crippen LogP contribution in [-0.4, -0.2) is 37.1 Å². The number of pyridine rings is 1. The number of aromatic nitrogens is 1. The van der Waals surface area contributed by atoms with Gasteiger partial charge in [0.25, 0.3) is 5.91 Å². The Hall–Kier alpha value is -2.89. The number of fused-ring (bicyclic) bond motifs is 1. The molecule has 2 aromatic rings. The van der Waals surface area contributed by atoms with Crippen molar-refractivity contribution < 1.29 is 14.3 Å². The van der Waals surface area contributed by atoms with Crippen molar-refractivity contribution in [1.29, 1.82) is 0 Å². The molecule has 1 amide bonds. The van der Waals surface area contributed by atoms with E-state index in [4.69, 9.17) is 4.74 Å². The third kappa shape index (κ3) is 3.35. The van der Waals surface area contributed by atoms with E-state index in [9.17, 15) is 9.59 Å². The second kappa shape index (κ2) is 7.62. The van der Waals surface area contributed by atoms with Crippen LogP contribution >= 0.6 is 0 Å². The molecule has 1 aliphatic carbocycles. The van der Waals surface area contributed by atoms with Gasteiger partial charge in [-0.05, 0) is 36.5 Å². The molecule has 0 radical (unpaired) electrons. The highest BCUT2D eigenvalue weighted by Crippen LogP contribution is 2.50. The van der Waals surface area contributed by atoms with Crippen LogP contribution in [0.1, 0.15) is 35.3 Å². The summed E-state index contributed by atoms with van der Waals surface area (Å²) in [5.41, 5.74) is 1.95. The Morgan fingerprint density at radius 3 is 2.89 bits per heavy atom. The maximum atomic E-state index is 12.5. The number of anilines is 1. The number of carbonyl (C=O) groups is 2. The van der Waals surface area contributed by atoms with Gasteiger partial charge in [-0.2, -0.15) is 0 Å². The molecule has 1 N–H and O–H groups in total. The van der Waals surface area contributed by atoms with Gasteiger partial charge in [-0.1, -0.05) is 36.8 Å². The highest BCUT2D eigenvalue weighted by Gasteiger charge is 2.55. The first-order chi connectivity index (χ1) is 13.6. The van der Waals surface area contributed by atoms with Crippen LogP contribution in [0.25, 0.3) is 0 Å². The molecule has 6 heteroatoms. The lowest BCUT2D eigenvalue weighted by Crippen LogP contribution is -2.37. The molecule has 1 aromatic heterocycles. The highest BCUT2D eigenvalue weighted by atomic mass is 16.5. The minimum Gasteiger partial charge on any atom is -0.469 e. The second-order valence-electron chi connectivity index (χ2n) is 7.68. The largest absolute Gasteiger partial charge is 0.469 e. The predicted octanol–water partition coefficient (Wildman–Crippen LogP) is 2.79. The summed E-state index contributed by atoms with van der Waals surface area (Å²) in [5, 5.41) is 2.91. The van der Waals surface area contributed by atoms with Crippen LogP contribution in [0.3, 0.4) is 0 Å². The van der Waals surface area contributed by atoms with E-state index in [1.807, 2.05) is 42.5 Å². The molecule has 1 aromatic carbocycles. The molecular weight excluding hydrogens is 354 g/mol. The lowest BCUT2D eigenvalue weighted by atomic mass is 9.81. The lowest BCUT2D eigenvalue weighted by molar-refractivity contribution is -0.152. The summed E-state index contributed by atoms with van der Waals surface area (Å²) in [5.74, 6) is 0.00336. The Bertz CT molecular complexity index is 870. The SMILES string of the molecule is COC(=O)C12CCCC1CN(c1ccnc(C(=O)NCc3ccccc3)c1)C2. The molecule has 2 aliphatic rings. The van der Waals surface area contributed by atoms with Crippen molar-refractivity contribution in [3.05, 3.63) is 59.9 Å². The fourth-order valence-electron chi connectivity index (χ4n) is 4.63. The minimum absolute atomic E-state index is 0.104. The number of methoxy groups -OCH3 is 1. The molecule has 28 heavy (non-hydrogen) atoms. The molecule has 1 aliphatic heterocycles. The van der Waals surface area contributed by atoms with Crippen LogP contribution in [-0.2, 0) is 16.1 Å². The van der Waals surface area contributed by atoms with Crippen LogP contribution < -0.4 is 10.2 Å². The summed E-state index contributed by atoms with van der Waals surface area (Å²) in [6.45, 7) is 1.91. The van der Waals surface area contributed by atoms with E-state index in [-0.39, 0.29) is 11.9 Å². The van der Waals surface area contributed by atoms with Crippen molar-refractivity contribution in [2.24, 2.45) is 11.3 Å². The number of nitrogens with zero attached hydrogens (tertiary/aromatic N) is 2. The van der Waals surface area contributed by atoms with Crippen molar-refractivity contribution in [3.63, 3.8) is 0 Å². The van der Waals surface area contributed by atoms with Crippen LogP contribution in [0.2, 0.25) is 0 Å². The summed E-state index contributed by atoms with van der Waals surface area (Å²) in [6, 6.07) is 13.5. The standard InChI is InChI=1S/C22H25N3O3/c1-28-21(27)22-10-5-8-17(22)14-25(15-22)18-9-11-23-19(12-18)20(26)24-13-16-6-3-2-4-7-16/h2-4,6-7,9,11-12,17H,5,8,10,13-15H2,1H3,(H,24,26). The van der Waals surface area contributed by atoms with E-state index in [1.54, 1.807) is 6.20 Å². The number of rotatable bonds is 5. The van der Waals surface area contributed by atoms with Crippen molar-refractivity contribution in [3.8, 4) is 0 Å². The zero-order valence-electron chi connectivity index (χ0n) is 16.1. The van der Waals surface area contributed by atoms with Gasteiger partial charge < -0.3 is 15.0 Å². The number of hydrogen-bond acceptors (Lipinski definition) is 5. The van der Waals surface area contributed by atoms with Crippen LogP contribution in [0.5, 0.6) is 0 Å². The summed E-state index contributed by atoms with van der Waals surface area (Å²) < 4.78 is 5.12. The fraction of sp³-hybridized carbons (Fsp3) is 0.409. The van der Waals surface area contributed by atoms with Gasteiger partial charge in [0.1, 0.15) is 5.69 Å². The summed E-state index contributed by atoms with van der Waals surface area (Å²) in [4.78, 5) is 31.4. The first-order valence-corrected chi connectivity index (χ1v) is 9.74. The number of ether oxygens (including phenoxy) is 1. The van der Waals surface area contributed by atoms with Crippen molar-refractivity contribution in [2.75, 3.05) is 25.1 Å². The second-order valence-corrected chi connectivity index (χ2v) is 7.68. The maximum absolute atomic E-state index is 12.5. The molecular formula is C22H25N3O3. The molecule has 4 rings (SSSR count). The normalized spacial score (nSPS) is 23.3. The zero-order chi connectivity index (χ0) is 19.6. The van der Waals surface area contributed by atoms with Gasteiger partial charge in [0.2, 0.25) is 0 Å². The summed E-state index contributed by atoms with van der Waals surface area (Å²) >= 11 is 0. The van der Waals surface area contributed by atoms with E-state index in [0.717, 1.165) is 37.1 Å². The topological polar surface area (TPSA) is 71.5 Å². The smallest absolute Gasteiger partial charge is 0.313 e. The summed E-state index contributed by atoms with van der Waals surface area (Å²) in [6.07, 6.45) is 4.64. The molecule has 0 spiro atoms. The Morgan fingerprint density at radius 1 is 1.29 bits per heavy atom. The zero-order valence-corrected chi connectivity index (χ0v) is 16.1. The number of hydrogen-bond donors (Lipinski definition) is 1. The quantitative estimate of drug-likeness (QED) is 0.809. The average molecular weight is 379 g/mol. The van der Waals surface area contributed by atoms with E-state index in [2.05, 4.69) is 15.2 Å². The van der Waals surface area contributed by atoms with E-state index < -0.39 is 5.41 Å². The number of benzene rings is 1. The van der Waals surface area contributed by atoms with Crippen LogP contribution in [0.15, 0.2) is 48.7 Å². The first kappa shape index (κ1) is 18.5. The molecule has 2 heterocycles. The van der Waals surface area contributed by atoms with Gasteiger partial charge in [0, 0.05) is 31.5 Å². The van der Waals surface area contributed by atoms with Gasteiger partial charge in [-0.15, -0.1) is 0 Å².